The number of anilines is 1. The first-order chi connectivity index (χ1) is 13.3. The average Bonchev–Trinajstić information content (AvgIpc) is 2.62. The summed E-state index contributed by atoms with van der Waals surface area (Å²) in [7, 11) is -1.76. The van der Waals surface area contributed by atoms with Crippen molar-refractivity contribution >= 4 is 47.6 Å². The van der Waals surface area contributed by atoms with Crippen LogP contribution in [0, 0.1) is 0 Å². The van der Waals surface area contributed by atoms with Gasteiger partial charge in [0.2, 0.25) is 0 Å². The van der Waals surface area contributed by atoms with Gasteiger partial charge in [-0.2, -0.15) is 13.1 Å². The molecule has 2 aromatic carbocycles. The average molecular weight is 460 g/mol. The maximum absolute atomic E-state index is 12.0. The second-order valence-corrected chi connectivity index (χ2v) is 9.73. The van der Waals surface area contributed by atoms with E-state index in [1.54, 1.807) is 18.2 Å². The molecule has 0 radical (unpaired) electrons. The minimum atomic E-state index is -3.70. The van der Waals surface area contributed by atoms with E-state index in [1.165, 1.54) is 0 Å². The summed E-state index contributed by atoms with van der Waals surface area (Å²) in [5.41, 5.74) is 3.66. The molecular weight excluding hydrogens is 440 g/mol. The molecule has 1 aliphatic heterocycles. The Morgan fingerprint density at radius 1 is 1.21 bits per heavy atom. The summed E-state index contributed by atoms with van der Waals surface area (Å²) in [4.78, 5) is 2.20. The first-order valence-electron chi connectivity index (χ1n) is 8.62. The highest BCUT2D eigenvalue weighted by molar-refractivity contribution is 7.90. The number of nitrogens with zero attached hydrogens (tertiary/aromatic N) is 1. The second kappa shape index (κ2) is 9.08. The van der Waals surface area contributed by atoms with Crippen LogP contribution in [0.25, 0.3) is 0 Å². The van der Waals surface area contributed by atoms with E-state index in [4.69, 9.17) is 23.2 Å². The third kappa shape index (κ3) is 5.23. The largest absolute Gasteiger partial charge is 0.301 e. The standard InChI is InChI=1S/C18H20Cl2N3O3PS/c1-23-10-16(15-8-13(19)9-18(20)17(15)11-23)12-2-4-14(5-3-12)22-28(25,26)21-6-7-27-24/h2-5,8-9,16,21-22H,6-7,10-11H2,1H3. The highest BCUT2D eigenvalue weighted by Gasteiger charge is 2.27. The predicted molar refractivity (Wildman–Crippen MR) is 114 cm³/mol. The molecule has 1 unspecified atom stereocenters. The topological polar surface area (TPSA) is 78.5 Å². The number of benzene rings is 2. The van der Waals surface area contributed by atoms with E-state index in [-0.39, 0.29) is 27.1 Å². The molecule has 10 heteroatoms. The minimum absolute atomic E-state index is 0.0878. The van der Waals surface area contributed by atoms with Crippen LogP contribution in [0.15, 0.2) is 36.4 Å². The van der Waals surface area contributed by atoms with Crippen LogP contribution in [0.5, 0.6) is 0 Å². The van der Waals surface area contributed by atoms with Crippen LogP contribution in [-0.4, -0.2) is 39.6 Å². The van der Waals surface area contributed by atoms with Gasteiger partial charge in [0.15, 0.2) is 8.46 Å². The summed E-state index contributed by atoms with van der Waals surface area (Å²) in [6, 6.07) is 11.0. The lowest BCUT2D eigenvalue weighted by atomic mass is 9.85. The van der Waals surface area contributed by atoms with E-state index in [0.29, 0.717) is 15.7 Å². The highest BCUT2D eigenvalue weighted by Crippen LogP contribution is 2.38. The number of nitrogens with one attached hydrogen (secondary N) is 2. The van der Waals surface area contributed by atoms with Gasteiger partial charge in [0.1, 0.15) is 0 Å². The third-order valence-electron chi connectivity index (χ3n) is 4.55. The molecule has 0 aliphatic carbocycles. The molecule has 2 aromatic rings. The quantitative estimate of drug-likeness (QED) is 0.482. The monoisotopic (exact) mass is 459 g/mol. The molecule has 28 heavy (non-hydrogen) atoms. The van der Waals surface area contributed by atoms with E-state index >= 15 is 0 Å². The summed E-state index contributed by atoms with van der Waals surface area (Å²) in [6.45, 7) is 1.67. The highest BCUT2D eigenvalue weighted by atomic mass is 35.5. The molecule has 1 heterocycles. The number of hydrogen-bond donors (Lipinski definition) is 2. The van der Waals surface area contributed by atoms with Crippen LogP contribution in [0.4, 0.5) is 5.69 Å². The number of rotatable bonds is 7. The van der Waals surface area contributed by atoms with Crippen LogP contribution in [0.2, 0.25) is 10.0 Å². The normalized spacial score (nSPS) is 17.5. The second-order valence-electron chi connectivity index (χ2n) is 6.68. The Hall–Kier alpha value is -1.21. The Kier molecular flexibility index (Phi) is 6.97. The van der Waals surface area contributed by atoms with Gasteiger partial charge < -0.3 is 4.90 Å². The van der Waals surface area contributed by atoms with Gasteiger partial charge in [-0.3, -0.25) is 9.29 Å². The van der Waals surface area contributed by atoms with Gasteiger partial charge in [0.05, 0.1) is 0 Å². The van der Waals surface area contributed by atoms with E-state index < -0.39 is 10.2 Å². The van der Waals surface area contributed by atoms with E-state index in [1.807, 2.05) is 25.2 Å². The summed E-state index contributed by atoms with van der Waals surface area (Å²) in [5.74, 6) is 0.0878. The number of halogens is 2. The molecule has 3 rings (SSSR count). The Labute approximate surface area is 176 Å². The molecule has 0 saturated carbocycles. The van der Waals surface area contributed by atoms with Gasteiger partial charge in [0.25, 0.3) is 10.2 Å². The van der Waals surface area contributed by atoms with Gasteiger partial charge in [0, 0.05) is 47.4 Å². The maximum Gasteiger partial charge on any atom is 0.299 e. The lowest BCUT2D eigenvalue weighted by Crippen LogP contribution is -2.32. The smallest absolute Gasteiger partial charge is 0.299 e. The zero-order valence-corrected chi connectivity index (χ0v) is 18.4. The van der Waals surface area contributed by atoms with Crippen molar-refractivity contribution in [1.29, 1.82) is 0 Å². The molecule has 6 nitrogen and oxygen atoms in total. The molecule has 0 fully saturated rings. The Balaban J connectivity index is 1.82. The van der Waals surface area contributed by atoms with E-state index in [0.717, 1.165) is 29.8 Å². The van der Waals surface area contributed by atoms with Gasteiger partial charge in [-0.15, -0.1) is 0 Å². The first-order valence-corrected chi connectivity index (χ1v) is 11.9. The van der Waals surface area contributed by atoms with Crippen molar-refractivity contribution in [3.8, 4) is 0 Å². The van der Waals surface area contributed by atoms with Crippen molar-refractivity contribution in [3.63, 3.8) is 0 Å². The van der Waals surface area contributed by atoms with Crippen molar-refractivity contribution in [2.24, 2.45) is 0 Å². The van der Waals surface area contributed by atoms with Crippen molar-refractivity contribution in [2.45, 2.75) is 12.5 Å². The lowest BCUT2D eigenvalue weighted by molar-refractivity contribution is 0.295. The number of fused-ring (bicyclic) bond motifs is 1. The molecule has 1 atom stereocenters. The summed E-state index contributed by atoms with van der Waals surface area (Å²) < 4.78 is 39.2. The fourth-order valence-corrected chi connectivity index (χ4v) is 5.14. The van der Waals surface area contributed by atoms with Crippen molar-refractivity contribution < 1.29 is 13.0 Å². The predicted octanol–water partition coefficient (Wildman–Crippen LogP) is 4.11. The molecule has 2 N–H and O–H groups in total. The Morgan fingerprint density at radius 2 is 1.93 bits per heavy atom. The Bertz CT molecular complexity index is 971. The van der Waals surface area contributed by atoms with Crippen LogP contribution in [-0.2, 0) is 21.3 Å². The van der Waals surface area contributed by atoms with E-state index in [9.17, 15) is 13.0 Å². The van der Waals surface area contributed by atoms with Crippen LogP contribution in [0.1, 0.15) is 22.6 Å². The van der Waals surface area contributed by atoms with Crippen molar-refractivity contribution in [2.75, 3.05) is 31.0 Å². The van der Waals surface area contributed by atoms with Gasteiger partial charge >= 0.3 is 0 Å². The molecule has 150 valence electrons. The summed E-state index contributed by atoms with van der Waals surface area (Å²) >= 11 is 12.6. The number of likely N-dealkylation sites (N-methyl/N-ethyl adjacent to an activating group) is 1. The summed E-state index contributed by atoms with van der Waals surface area (Å²) in [5, 5.41) is 1.26. The van der Waals surface area contributed by atoms with Crippen molar-refractivity contribution in [1.82, 2.24) is 9.62 Å². The minimum Gasteiger partial charge on any atom is -0.301 e. The zero-order chi connectivity index (χ0) is 20.3. The van der Waals surface area contributed by atoms with Crippen LogP contribution >= 0.6 is 31.7 Å². The fourth-order valence-electron chi connectivity index (χ4n) is 3.33. The van der Waals surface area contributed by atoms with Crippen LogP contribution < -0.4 is 9.44 Å². The number of hydrogen-bond acceptors (Lipinski definition) is 4. The zero-order valence-electron chi connectivity index (χ0n) is 15.2. The molecule has 1 aliphatic rings. The van der Waals surface area contributed by atoms with Gasteiger partial charge in [-0.25, -0.2) is 0 Å². The molecular formula is C18H20Cl2N3O3PS. The molecule has 0 spiro atoms. The molecule has 0 aromatic heterocycles. The fraction of sp³-hybridized carbons (Fsp3) is 0.333. The SMILES string of the molecule is CN1Cc2c(Cl)cc(Cl)cc2C(c2ccc(NS(=O)(=O)NCCP=O)cc2)C1. The lowest BCUT2D eigenvalue weighted by Gasteiger charge is -2.33. The van der Waals surface area contributed by atoms with Crippen LogP contribution in [0.3, 0.4) is 0 Å². The molecule has 0 amide bonds. The first kappa shape index (κ1) is 21.5. The van der Waals surface area contributed by atoms with Crippen molar-refractivity contribution in [3.05, 3.63) is 63.1 Å². The molecule has 0 saturated heterocycles. The maximum atomic E-state index is 12.0. The Morgan fingerprint density at radius 3 is 2.61 bits per heavy atom. The molecule has 0 bridgehead atoms. The van der Waals surface area contributed by atoms with Gasteiger partial charge in [-0.05, 0) is 48.0 Å². The van der Waals surface area contributed by atoms with E-state index in [2.05, 4.69) is 14.3 Å². The van der Waals surface area contributed by atoms with Gasteiger partial charge in [-0.1, -0.05) is 35.3 Å². The summed E-state index contributed by atoms with van der Waals surface area (Å²) in [6.07, 6.45) is 0.222. The third-order valence-corrected chi connectivity index (χ3v) is 6.60.